The van der Waals surface area contributed by atoms with Crippen molar-refractivity contribution < 1.29 is 13.9 Å². The van der Waals surface area contributed by atoms with Gasteiger partial charge in [-0.1, -0.05) is 0 Å². The van der Waals surface area contributed by atoms with Crippen molar-refractivity contribution >= 4 is 10.9 Å². The van der Waals surface area contributed by atoms with Crippen LogP contribution in [0.2, 0.25) is 0 Å². The number of aromatic nitrogens is 3. The van der Waals surface area contributed by atoms with E-state index in [1.165, 1.54) is 18.2 Å². The molecule has 1 aromatic carbocycles. The highest BCUT2D eigenvalue weighted by atomic mass is 19.1. The zero-order chi connectivity index (χ0) is 23.5. The first-order valence-corrected chi connectivity index (χ1v) is 11.4. The highest BCUT2D eigenvalue weighted by Crippen LogP contribution is 2.26. The molecule has 1 saturated heterocycles. The Hall–Kier alpha value is -3.55. The van der Waals surface area contributed by atoms with Crippen LogP contribution in [0, 0.1) is 17.1 Å². The number of rotatable bonds is 6. The highest BCUT2D eigenvalue weighted by Gasteiger charge is 2.20. The van der Waals surface area contributed by atoms with Crippen LogP contribution in [-0.4, -0.2) is 58.6 Å². The van der Waals surface area contributed by atoms with E-state index >= 15 is 0 Å². The van der Waals surface area contributed by atoms with Crippen LogP contribution < -0.4 is 20.3 Å². The van der Waals surface area contributed by atoms with Crippen molar-refractivity contribution in [3.63, 3.8) is 0 Å². The first kappa shape index (κ1) is 22.3. The molecular weight excluding hydrogens is 439 g/mol. The summed E-state index contributed by atoms with van der Waals surface area (Å²) in [5.41, 5.74) is 1.25. The summed E-state index contributed by atoms with van der Waals surface area (Å²) in [5, 5.41) is 21.7. The molecule has 0 aliphatic carbocycles. The third-order valence-electron chi connectivity index (χ3n) is 6.35. The molecule has 5 rings (SSSR count). The summed E-state index contributed by atoms with van der Waals surface area (Å²) in [6.45, 7) is 4.51. The molecule has 1 N–H and O–H groups in total. The van der Waals surface area contributed by atoms with Gasteiger partial charge in [-0.15, -0.1) is 5.10 Å². The SMILES string of the molecule is N#Cc1cc(=O)n(CCN2CCC(NCc3cc4c(nn3)OCCO4)CC2)c2cc(F)ccc12. The first-order chi connectivity index (χ1) is 16.6. The van der Waals surface area contributed by atoms with Crippen molar-refractivity contribution in [3.8, 4) is 17.7 Å². The number of halogens is 1. The first-order valence-electron chi connectivity index (χ1n) is 11.4. The lowest BCUT2D eigenvalue weighted by Gasteiger charge is -2.32. The molecule has 10 heteroatoms. The van der Waals surface area contributed by atoms with Gasteiger partial charge in [0.1, 0.15) is 25.1 Å². The van der Waals surface area contributed by atoms with Crippen molar-refractivity contribution in [2.24, 2.45) is 0 Å². The summed E-state index contributed by atoms with van der Waals surface area (Å²) >= 11 is 0. The molecule has 0 amide bonds. The van der Waals surface area contributed by atoms with E-state index in [4.69, 9.17) is 9.47 Å². The summed E-state index contributed by atoms with van der Waals surface area (Å²) in [4.78, 5) is 14.9. The number of nitriles is 1. The zero-order valence-corrected chi connectivity index (χ0v) is 18.7. The highest BCUT2D eigenvalue weighted by molar-refractivity contribution is 5.85. The Labute approximate surface area is 195 Å². The molecule has 3 aromatic rings. The minimum atomic E-state index is -0.426. The lowest BCUT2D eigenvalue weighted by molar-refractivity contribution is 0.161. The Morgan fingerprint density at radius 2 is 1.94 bits per heavy atom. The number of benzene rings is 1. The Bertz CT molecular complexity index is 1300. The predicted octanol–water partition coefficient (Wildman–Crippen LogP) is 1.83. The Morgan fingerprint density at radius 1 is 1.12 bits per heavy atom. The Kier molecular flexibility index (Phi) is 6.38. The second-order valence-corrected chi connectivity index (χ2v) is 8.52. The van der Waals surface area contributed by atoms with E-state index < -0.39 is 5.82 Å². The molecule has 2 aliphatic rings. The molecule has 0 bridgehead atoms. The van der Waals surface area contributed by atoms with Crippen LogP contribution >= 0.6 is 0 Å². The minimum Gasteiger partial charge on any atom is -0.484 e. The smallest absolute Gasteiger partial charge is 0.276 e. The molecule has 2 aromatic heterocycles. The van der Waals surface area contributed by atoms with Crippen molar-refractivity contribution in [2.75, 3.05) is 32.8 Å². The third-order valence-corrected chi connectivity index (χ3v) is 6.35. The number of piperidine rings is 1. The van der Waals surface area contributed by atoms with Crippen LogP contribution in [0.15, 0.2) is 35.1 Å². The second kappa shape index (κ2) is 9.75. The number of pyridine rings is 1. The number of fused-ring (bicyclic) bond motifs is 2. The number of hydrogen-bond donors (Lipinski definition) is 1. The van der Waals surface area contributed by atoms with Crippen molar-refractivity contribution in [1.82, 2.24) is 25.0 Å². The molecule has 34 heavy (non-hydrogen) atoms. The van der Waals surface area contributed by atoms with Gasteiger partial charge in [-0.2, -0.15) is 10.4 Å². The third kappa shape index (κ3) is 4.71. The molecule has 176 valence electrons. The normalized spacial score (nSPS) is 16.5. The average molecular weight is 465 g/mol. The van der Waals surface area contributed by atoms with Gasteiger partial charge in [0.2, 0.25) is 0 Å². The second-order valence-electron chi connectivity index (χ2n) is 8.52. The maximum atomic E-state index is 13.9. The number of ether oxygens (including phenoxy) is 2. The van der Waals surface area contributed by atoms with Gasteiger partial charge in [-0.05, 0) is 44.1 Å². The van der Waals surface area contributed by atoms with Gasteiger partial charge in [0, 0.05) is 43.2 Å². The fourth-order valence-corrected chi connectivity index (χ4v) is 4.51. The van der Waals surface area contributed by atoms with Gasteiger partial charge in [0.15, 0.2) is 5.75 Å². The van der Waals surface area contributed by atoms with Gasteiger partial charge < -0.3 is 24.3 Å². The largest absolute Gasteiger partial charge is 0.484 e. The average Bonchev–Trinajstić information content (AvgIpc) is 2.87. The molecular formula is C24H25FN6O3. The van der Waals surface area contributed by atoms with E-state index in [0.29, 0.717) is 61.4 Å². The van der Waals surface area contributed by atoms with Gasteiger partial charge >= 0.3 is 0 Å². The van der Waals surface area contributed by atoms with Crippen LogP contribution in [0.1, 0.15) is 24.1 Å². The zero-order valence-electron chi connectivity index (χ0n) is 18.7. The van der Waals surface area contributed by atoms with Crippen LogP contribution in [0.5, 0.6) is 11.6 Å². The summed E-state index contributed by atoms with van der Waals surface area (Å²) in [6, 6.07) is 9.79. The standard InChI is InChI=1S/C24H25FN6O3/c25-17-1-2-20-16(14-26)11-23(32)31(21(20)12-17)8-7-30-5-3-18(4-6-30)27-15-19-13-22-24(29-28-19)34-10-9-33-22/h1-2,11-13,18,27H,3-10,15H2. The molecule has 0 unspecified atom stereocenters. The molecule has 0 radical (unpaired) electrons. The molecule has 0 saturated carbocycles. The van der Waals surface area contributed by atoms with Crippen LogP contribution in [-0.2, 0) is 13.1 Å². The van der Waals surface area contributed by atoms with E-state index in [0.717, 1.165) is 31.6 Å². The predicted molar refractivity (Wildman–Crippen MR) is 122 cm³/mol. The van der Waals surface area contributed by atoms with E-state index in [1.807, 2.05) is 12.1 Å². The minimum absolute atomic E-state index is 0.269. The lowest BCUT2D eigenvalue weighted by Crippen LogP contribution is -2.43. The van der Waals surface area contributed by atoms with E-state index in [1.54, 1.807) is 10.6 Å². The maximum Gasteiger partial charge on any atom is 0.276 e. The number of nitrogens with one attached hydrogen (secondary N) is 1. The molecule has 0 spiro atoms. The molecule has 4 heterocycles. The van der Waals surface area contributed by atoms with Crippen LogP contribution in [0.25, 0.3) is 10.9 Å². The molecule has 1 fully saturated rings. The monoisotopic (exact) mass is 464 g/mol. The topological polar surface area (TPSA) is 105 Å². The number of hydrogen-bond acceptors (Lipinski definition) is 8. The van der Waals surface area contributed by atoms with Gasteiger partial charge in [-0.25, -0.2) is 4.39 Å². The van der Waals surface area contributed by atoms with Gasteiger partial charge in [-0.3, -0.25) is 4.79 Å². The summed E-state index contributed by atoms with van der Waals surface area (Å²) in [7, 11) is 0. The molecule has 9 nitrogen and oxygen atoms in total. The summed E-state index contributed by atoms with van der Waals surface area (Å²) in [6.07, 6.45) is 1.94. The Morgan fingerprint density at radius 3 is 2.76 bits per heavy atom. The van der Waals surface area contributed by atoms with Crippen molar-refractivity contribution in [1.29, 1.82) is 5.26 Å². The van der Waals surface area contributed by atoms with E-state index in [-0.39, 0.29) is 11.1 Å². The van der Waals surface area contributed by atoms with E-state index in [9.17, 15) is 14.4 Å². The maximum absolute atomic E-state index is 13.9. The number of likely N-dealkylation sites (tertiary alicyclic amines) is 1. The fourth-order valence-electron chi connectivity index (χ4n) is 4.51. The van der Waals surface area contributed by atoms with Crippen LogP contribution in [0.3, 0.4) is 0 Å². The van der Waals surface area contributed by atoms with E-state index in [2.05, 4.69) is 20.4 Å². The lowest BCUT2D eigenvalue weighted by atomic mass is 10.0. The van der Waals surface area contributed by atoms with Crippen molar-refractivity contribution in [3.05, 3.63) is 57.8 Å². The quantitative estimate of drug-likeness (QED) is 0.589. The van der Waals surface area contributed by atoms with Gasteiger partial charge in [0.25, 0.3) is 11.4 Å². The summed E-state index contributed by atoms with van der Waals surface area (Å²) in [5.74, 6) is 0.656. The fraction of sp³-hybridized carbons (Fsp3) is 0.417. The van der Waals surface area contributed by atoms with Crippen molar-refractivity contribution in [2.45, 2.75) is 32.0 Å². The molecule has 2 aliphatic heterocycles. The van der Waals surface area contributed by atoms with Crippen LogP contribution in [0.4, 0.5) is 4.39 Å². The van der Waals surface area contributed by atoms with Gasteiger partial charge in [0.05, 0.1) is 16.8 Å². The molecule has 0 atom stereocenters. The Balaban J connectivity index is 1.16. The number of nitrogens with zero attached hydrogens (tertiary/aromatic N) is 5. The summed E-state index contributed by atoms with van der Waals surface area (Å²) < 4.78 is 26.4.